The third-order valence-corrected chi connectivity index (χ3v) is 12.7. The third kappa shape index (κ3) is 5.95. The highest BCUT2D eigenvalue weighted by atomic mass is 16.3. The van der Waals surface area contributed by atoms with Crippen molar-refractivity contribution < 1.29 is 9.90 Å². The van der Waals surface area contributed by atoms with Crippen molar-refractivity contribution >= 4 is 39.0 Å². The number of benzene rings is 10. The summed E-state index contributed by atoms with van der Waals surface area (Å²) in [6, 6.07) is 75.5. The van der Waals surface area contributed by atoms with Crippen molar-refractivity contribution in [2.75, 3.05) is 4.90 Å². The topological polar surface area (TPSA) is 16.4 Å². The number of anilines is 3. The average molecular weight is 808 g/mol. The number of hydrogen-bond donors (Lipinski definition) is 0. The summed E-state index contributed by atoms with van der Waals surface area (Å²) >= 11 is 0. The van der Waals surface area contributed by atoms with Gasteiger partial charge < -0.3 is 9.32 Å². The lowest BCUT2D eigenvalue weighted by Crippen LogP contribution is -2.28. The molecule has 12 rings (SSSR count). The van der Waals surface area contributed by atoms with Crippen LogP contribution in [-0.4, -0.2) is 0 Å². The second-order valence-corrected chi connectivity index (χ2v) is 16.1. The van der Waals surface area contributed by atoms with E-state index in [1.165, 1.54) is 0 Å². The van der Waals surface area contributed by atoms with E-state index < -0.39 is 5.41 Å². The predicted octanol–water partition coefficient (Wildman–Crippen LogP) is 16.4. The van der Waals surface area contributed by atoms with Crippen LogP contribution in [0, 0.1) is 0 Å². The molecule has 11 aromatic rings. The lowest BCUT2D eigenvalue weighted by atomic mass is 9.67. The molecule has 0 fully saturated rings. The van der Waals surface area contributed by atoms with E-state index in [1.807, 2.05) is 126 Å². The van der Waals surface area contributed by atoms with E-state index in [0.717, 1.165) is 83.3 Å². The van der Waals surface area contributed by atoms with E-state index >= 15 is 0 Å². The molecule has 0 N–H and O–H groups in total. The van der Waals surface area contributed by atoms with Gasteiger partial charge in [0.05, 0.1) is 16.6 Å². The Hall–Kier alpha value is -8.20. The Kier molecular flexibility index (Phi) is 7.78. The van der Waals surface area contributed by atoms with Gasteiger partial charge in [-0.2, -0.15) is 0 Å². The van der Waals surface area contributed by atoms with Gasteiger partial charge in [0, 0.05) is 33.3 Å². The Morgan fingerprint density at radius 3 is 1.67 bits per heavy atom. The van der Waals surface area contributed by atoms with Gasteiger partial charge in [-0.1, -0.05) is 206 Å². The predicted molar refractivity (Wildman–Crippen MR) is 262 cm³/mol. The number of para-hydroxylation sites is 3. The quantitative estimate of drug-likeness (QED) is 0.152. The first-order valence-electron chi connectivity index (χ1n) is 23.3. The zero-order chi connectivity index (χ0) is 45.2. The molecule has 1 heterocycles. The van der Waals surface area contributed by atoms with Gasteiger partial charge in [-0.15, -0.1) is 0 Å². The molecule has 1 aliphatic rings. The summed E-state index contributed by atoms with van der Waals surface area (Å²) in [5.41, 5.74) is 13.7. The maximum absolute atomic E-state index is 9.91. The summed E-state index contributed by atoms with van der Waals surface area (Å²) in [5.74, 6) is 0. The van der Waals surface area contributed by atoms with Gasteiger partial charge in [0.15, 0.2) is 0 Å². The zero-order valence-electron chi connectivity index (χ0n) is 38.2. The molecule has 296 valence electrons. The summed E-state index contributed by atoms with van der Waals surface area (Å²) in [5, 5.41) is 2.10. The first-order valence-corrected chi connectivity index (χ1v) is 21.3. The highest BCUT2D eigenvalue weighted by Crippen LogP contribution is 2.57. The molecule has 63 heavy (non-hydrogen) atoms. The summed E-state index contributed by atoms with van der Waals surface area (Å²) in [7, 11) is 0. The lowest BCUT2D eigenvalue weighted by Gasteiger charge is -2.34. The molecule has 0 bridgehead atoms. The smallest absolute Gasteiger partial charge is 0.143 e. The van der Waals surface area contributed by atoms with E-state index in [1.54, 1.807) is 0 Å². The first kappa shape index (κ1) is 32.6. The molecular weight excluding hydrogens is 763 g/mol. The van der Waals surface area contributed by atoms with Crippen LogP contribution in [0.1, 0.15) is 27.7 Å². The molecule has 0 atom stereocenters. The van der Waals surface area contributed by atoms with Gasteiger partial charge in [0.1, 0.15) is 11.2 Å². The number of nitrogens with zero attached hydrogens (tertiary/aromatic N) is 1. The molecule has 0 radical (unpaired) electrons. The van der Waals surface area contributed by atoms with Crippen LogP contribution in [0.5, 0.6) is 0 Å². The fourth-order valence-electron chi connectivity index (χ4n) is 9.85. The molecule has 1 aromatic heterocycles. The van der Waals surface area contributed by atoms with E-state index in [0.29, 0.717) is 11.3 Å². The van der Waals surface area contributed by atoms with Gasteiger partial charge in [-0.25, -0.2) is 0 Å². The summed E-state index contributed by atoms with van der Waals surface area (Å²) in [4.78, 5) is 1.88. The first-order chi connectivity index (χ1) is 32.9. The third-order valence-electron chi connectivity index (χ3n) is 12.7. The van der Waals surface area contributed by atoms with Crippen LogP contribution in [0.3, 0.4) is 0 Å². The van der Waals surface area contributed by atoms with Crippen molar-refractivity contribution in [3.63, 3.8) is 0 Å². The van der Waals surface area contributed by atoms with E-state index in [9.17, 15) is 5.48 Å². The minimum atomic E-state index is -0.692. The van der Waals surface area contributed by atoms with Crippen LogP contribution in [0.25, 0.3) is 66.4 Å². The number of fused-ring (bicyclic) bond motifs is 6. The molecule has 0 saturated carbocycles. The highest BCUT2D eigenvalue weighted by molar-refractivity contribution is 6.09. The minimum Gasteiger partial charge on any atom is -0.455 e. The van der Waals surface area contributed by atoms with Gasteiger partial charge >= 0.3 is 0 Å². The van der Waals surface area contributed by atoms with Crippen LogP contribution in [0.2, 0.25) is 0 Å². The molecule has 10 aromatic carbocycles. The standard InChI is InChI=1S/C61H41NO/c1-4-17-43(18-5-1)50-23-11-14-29-58(50)62(49-38-33-44(34-39-49)51-26-16-27-55-54-25-12-15-30-59(54)63-60(51)55)48-36-31-42(32-37-48)45-35-40-53-52-24-10-13-28-56(52)61(57(53)41-45,46-19-6-2-7-20-46)47-21-8-3-9-22-47/h1-41H/i31D,32D,36D,37D. The Labute approximate surface area is 373 Å². The highest BCUT2D eigenvalue weighted by Gasteiger charge is 2.46. The van der Waals surface area contributed by atoms with Crippen molar-refractivity contribution in [3.05, 3.63) is 271 Å². The lowest BCUT2D eigenvalue weighted by molar-refractivity contribution is 0.670. The fraction of sp³-hybridized carbons (Fsp3) is 0.0164. The van der Waals surface area contributed by atoms with E-state index in [4.69, 9.17) is 4.42 Å². The van der Waals surface area contributed by atoms with Gasteiger partial charge in [-0.05, 0) is 98.1 Å². The molecule has 2 heteroatoms. The Bertz CT molecular complexity index is 3610. The monoisotopic (exact) mass is 807 g/mol. The Morgan fingerprint density at radius 1 is 0.365 bits per heavy atom. The van der Waals surface area contributed by atoms with Gasteiger partial charge in [0.2, 0.25) is 0 Å². The van der Waals surface area contributed by atoms with Crippen LogP contribution < -0.4 is 4.90 Å². The van der Waals surface area contributed by atoms with E-state index in [2.05, 4.69) is 103 Å². The van der Waals surface area contributed by atoms with Crippen LogP contribution in [0.4, 0.5) is 17.1 Å². The molecule has 0 aliphatic heterocycles. The molecular formula is C61H41NO. The molecule has 0 saturated heterocycles. The number of hydrogen-bond acceptors (Lipinski definition) is 2. The Balaban J connectivity index is 1.05. The summed E-state index contributed by atoms with van der Waals surface area (Å²) in [6.07, 6.45) is 0. The maximum atomic E-state index is 9.91. The van der Waals surface area contributed by atoms with Crippen molar-refractivity contribution in [1.82, 2.24) is 0 Å². The molecule has 0 amide bonds. The summed E-state index contributed by atoms with van der Waals surface area (Å²) < 4.78 is 45.9. The normalized spacial score (nSPS) is 13.5. The molecule has 0 unspecified atom stereocenters. The van der Waals surface area contributed by atoms with Crippen LogP contribution >= 0.6 is 0 Å². The molecule has 2 nitrogen and oxygen atoms in total. The molecule has 0 spiro atoms. The van der Waals surface area contributed by atoms with Gasteiger partial charge in [0.25, 0.3) is 0 Å². The average Bonchev–Trinajstić information content (AvgIpc) is 3.92. The maximum Gasteiger partial charge on any atom is 0.143 e. The number of rotatable bonds is 8. The second-order valence-electron chi connectivity index (χ2n) is 16.1. The van der Waals surface area contributed by atoms with Crippen molar-refractivity contribution in [2.24, 2.45) is 0 Å². The van der Waals surface area contributed by atoms with Gasteiger partial charge in [-0.3, -0.25) is 0 Å². The minimum absolute atomic E-state index is 0.119. The van der Waals surface area contributed by atoms with Crippen molar-refractivity contribution in [2.45, 2.75) is 5.41 Å². The zero-order valence-corrected chi connectivity index (χ0v) is 34.2. The fourth-order valence-corrected chi connectivity index (χ4v) is 9.85. The van der Waals surface area contributed by atoms with Crippen LogP contribution in [-0.2, 0) is 5.41 Å². The summed E-state index contributed by atoms with van der Waals surface area (Å²) in [6.45, 7) is 0. The Morgan fingerprint density at radius 2 is 0.921 bits per heavy atom. The van der Waals surface area contributed by atoms with E-state index in [-0.39, 0.29) is 35.4 Å². The number of furan rings is 1. The SMILES string of the molecule is [2H]c1c([2H])c(N(c2ccc(-c3cccc4c3oc3ccccc34)cc2)c2ccccc2-c2ccccc2)c([2H])c([2H])c1-c1ccc2c(c1)C(c1ccccc1)(c1ccccc1)c1ccccc1-2. The molecule has 1 aliphatic carbocycles. The van der Waals surface area contributed by atoms with Crippen molar-refractivity contribution in [1.29, 1.82) is 0 Å². The van der Waals surface area contributed by atoms with Crippen LogP contribution in [0.15, 0.2) is 253 Å². The largest absolute Gasteiger partial charge is 0.455 e. The second kappa shape index (κ2) is 15.1. The van der Waals surface area contributed by atoms with Crippen molar-refractivity contribution in [3.8, 4) is 44.5 Å².